The van der Waals surface area contributed by atoms with Crippen LogP contribution in [0.4, 0.5) is 0 Å². The molecule has 1 aliphatic heterocycles. The molecule has 0 bridgehead atoms. The third kappa shape index (κ3) is 3.30. The maximum Gasteiger partial charge on any atom is 0.128 e. The molecule has 0 saturated carbocycles. The summed E-state index contributed by atoms with van der Waals surface area (Å²) in [7, 11) is 0. The van der Waals surface area contributed by atoms with Crippen LogP contribution in [0.15, 0.2) is 93.9 Å². The van der Waals surface area contributed by atoms with Gasteiger partial charge in [0.25, 0.3) is 0 Å². The second-order valence-corrected chi connectivity index (χ2v) is 9.64. The standard InChI is InChI=1S/C28H18Br2O2/c29-23-13-19-15-31-25-11-9-17-5-1-3-7-21(17)27(25)28-22-8-4-2-6-18(22)10-12-26(28)32-16-20(19)14-24(23)30/h1-14H,15-16H2. The maximum absolute atomic E-state index is 6.51. The second kappa shape index (κ2) is 7.95. The summed E-state index contributed by atoms with van der Waals surface area (Å²) < 4.78 is 15.0. The molecule has 0 aromatic heterocycles. The van der Waals surface area contributed by atoms with E-state index in [0.717, 1.165) is 53.5 Å². The topological polar surface area (TPSA) is 18.5 Å². The van der Waals surface area contributed by atoms with Gasteiger partial charge < -0.3 is 9.47 Å². The van der Waals surface area contributed by atoms with Crippen LogP contribution in [-0.2, 0) is 13.2 Å². The van der Waals surface area contributed by atoms with Crippen molar-refractivity contribution < 1.29 is 9.47 Å². The fourth-order valence-electron chi connectivity index (χ4n) is 4.47. The lowest BCUT2D eigenvalue weighted by Crippen LogP contribution is -2.08. The van der Waals surface area contributed by atoms with Gasteiger partial charge in [-0.15, -0.1) is 0 Å². The van der Waals surface area contributed by atoms with E-state index in [1.54, 1.807) is 0 Å². The Morgan fingerprint density at radius 2 is 0.969 bits per heavy atom. The number of fused-ring (bicyclic) bond motifs is 8. The number of hydrogen-bond acceptors (Lipinski definition) is 2. The van der Waals surface area contributed by atoms with Crippen molar-refractivity contribution in [2.75, 3.05) is 0 Å². The molecule has 5 aromatic rings. The number of rotatable bonds is 0. The van der Waals surface area contributed by atoms with E-state index < -0.39 is 0 Å². The number of ether oxygens (including phenoxy) is 2. The summed E-state index contributed by atoms with van der Waals surface area (Å²) in [6, 6.07) is 29.5. The van der Waals surface area contributed by atoms with Gasteiger partial charge in [-0.1, -0.05) is 60.7 Å². The van der Waals surface area contributed by atoms with Gasteiger partial charge in [-0.25, -0.2) is 0 Å². The highest BCUT2D eigenvalue weighted by Crippen LogP contribution is 2.46. The second-order valence-electron chi connectivity index (χ2n) is 7.93. The van der Waals surface area contributed by atoms with Crippen LogP contribution in [-0.4, -0.2) is 0 Å². The lowest BCUT2D eigenvalue weighted by molar-refractivity contribution is 0.283. The zero-order valence-corrected chi connectivity index (χ0v) is 20.2. The first-order valence-electron chi connectivity index (χ1n) is 10.5. The third-order valence-corrected chi connectivity index (χ3v) is 7.88. The molecule has 0 amide bonds. The van der Waals surface area contributed by atoms with Crippen molar-refractivity contribution in [1.82, 2.24) is 0 Å². The first kappa shape index (κ1) is 19.8. The molecule has 2 nitrogen and oxygen atoms in total. The highest BCUT2D eigenvalue weighted by atomic mass is 79.9. The van der Waals surface area contributed by atoms with E-state index in [4.69, 9.17) is 9.47 Å². The molecule has 0 spiro atoms. The summed E-state index contributed by atoms with van der Waals surface area (Å²) in [5.41, 5.74) is 4.36. The summed E-state index contributed by atoms with van der Waals surface area (Å²) in [6.45, 7) is 0.937. The predicted molar refractivity (Wildman–Crippen MR) is 137 cm³/mol. The molecule has 0 unspecified atom stereocenters. The van der Waals surface area contributed by atoms with E-state index in [9.17, 15) is 0 Å². The van der Waals surface area contributed by atoms with E-state index in [0.29, 0.717) is 13.2 Å². The number of hydrogen-bond donors (Lipinski definition) is 0. The lowest BCUT2D eigenvalue weighted by Gasteiger charge is -2.22. The van der Waals surface area contributed by atoms with Gasteiger partial charge in [-0.2, -0.15) is 0 Å². The summed E-state index contributed by atoms with van der Waals surface area (Å²) in [5.74, 6) is 1.72. The molecule has 0 saturated heterocycles. The molecule has 0 aliphatic carbocycles. The Labute approximate surface area is 203 Å². The Kier molecular flexibility index (Phi) is 4.93. The van der Waals surface area contributed by atoms with Crippen LogP contribution in [0, 0.1) is 0 Å². The Morgan fingerprint density at radius 3 is 1.44 bits per heavy atom. The van der Waals surface area contributed by atoms with E-state index in [1.807, 2.05) is 0 Å². The normalized spacial score (nSPS) is 12.9. The largest absolute Gasteiger partial charge is 0.488 e. The van der Waals surface area contributed by atoms with Crippen molar-refractivity contribution in [1.29, 1.82) is 0 Å². The Balaban J connectivity index is 1.68. The van der Waals surface area contributed by atoms with Crippen LogP contribution in [0.3, 0.4) is 0 Å². The van der Waals surface area contributed by atoms with Crippen LogP contribution in [0.5, 0.6) is 11.5 Å². The van der Waals surface area contributed by atoms with Crippen molar-refractivity contribution in [3.63, 3.8) is 0 Å². The molecule has 0 radical (unpaired) electrons. The van der Waals surface area contributed by atoms with Crippen LogP contribution >= 0.6 is 31.9 Å². The molecule has 4 heteroatoms. The van der Waals surface area contributed by atoms with Gasteiger partial charge in [0.2, 0.25) is 0 Å². The number of benzene rings is 5. The molecule has 6 rings (SSSR count). The Hall–Kier alpha value is -2.82. The van der Waals surface area contributed by atoms with Crippen molar-refractivity contribution in [2.24, 2.45) is 0 Å². The molecular weight excluding hydrogens is 528 g/mol. The molecule has 32 heavy (non-hydrogen) atoms. The molecule has 0 fully saturated rings. The average Bonchev–Trinajstić information content (AvgIpc) is 2.83. The third-order valence-electron chi connectivity index (χ3n) is 6.04. The molecule has 156 valence electrons. The smallest absolute Gasteiger partial charge is 0.128 e. The van der Waals surface area contributed by atoms with Gasteiger partial charge in [-0.05, 0) is 88.8 Å². The predicted octanol–water partition coefficient (Wildman–Crippen LogP) is 8.66. The summed E-state index contributed by atoms with van der Waals surface area (Å²) in [4.78, 5) is 0. The first-order chi connectivity index (χ1) is 15.7. The highest BCUT2D eigenvalue weighted by molar-refractivity contribution is 9.13. The minimum atomic E-state index is 0.468. The maximum atomic E-state index is 6.51. The van der Waals surface area contributed by atoms with Crippen LogP contribution in [0.25, 0.3) is 32.7 Å². The quantitative estimate of drug-likeness (QED) is 0.194. The fraction of sp³-hybridized carbons (Fsp3) is 0.0714. The van der Waals surface area contributed by atoms with Crippen molar-refractivity contribution in [2.45, 2.75) is 13.2 Å². The van der Waals surface area contributed by atoms with E-state index >= 15 is 0 Å². The van der Waals surface area contributed by atoms with Gasteiger partial charge in [0.15, 0.2) is 0 Å². The van der Waals surface area contributed by atoms with Crippen molar-refractivity contribution in [3.05, 3.63) is 105 Å². The van der Waals surface area contributed by atoms with Crippen LogP contribution in [0.2, 0.25) is 0 Å². The van der Waals surface area contributed by atoms with Crippen LogP contribution < -0.4 is 9.47 Å². The summed E-state index contributed by atoms with van der Waals surface area (Å²) >= 11 is 7.26. The van der Waals surface area contributed by atoms with Gasteiger partial charge in [0.1, 0.15) is 24.7 Å². The van der Waals surface area contributed by atoms with E-state index in [1.165, 1.54) is 10.8 Å². The van der Waals surface area contributed by atoms with Crippen molar-refractivity contribution in [3.8, 4) is 22.6 Å². The van der Waals surface area contributed by atoms with E-state index in [2.05, 4.69) is 117 Å². The SMILES string of the molecule is Brc1cc2c(cc1Br)COc1ccc3ccccc3c1-c1c(ccc3ccccc13)OC2. The summed E-state index contributed by atoms with van der Waals surface area (Å²) in [5, 5.41) is 4.67. The first-order valence-corrected chi connectivity index (χ1v) is 12.0. The molecule has 1 heterocycles. The Morgan fingerprint density at radius 1 is 0.531 bits per heavy atom. The summed E-state index contributed by atoms with van der Waals surface area (Å²) in [6.07, 6.45) is 0. The zero-order chi connectivity index (χ0) is 21.7. The van der Waals surface area contributed by atoms with E-state index in [-0.39, 0.29) is 0 Å². The highest BCUT2D eigenvalue weighted by Gasteiger charge is 2.21. The number of halogens is 2. The lowest BCUT2D eigenvalue weighted by atomic mass is 9.92. The Bertz CT molecular complexity index is 1390. The zero-order valence-electron chi connectivity index (χ0n) is 17.1. The minimum absolute atomic E-state index is 0.468. The minimum Gasteiger partial charge on any atom is -0.488 e. The molecule has 0 N–H and O–H groups in total. The molecule has 5 aromatic carbocycles. The van der Waals surface area contributed by atoms with Gasteiger partial charge in [0.05, 0.1) is 0 Å². The molecule has 1 aliphatic rings. The van der Waals surface area contributed by atoms with Gasteiger partial charge in [0, 0.05) is 20.1 Å². The molecular formula is C28H18Br2O2. The fourth-order valence-corrected chi connectivity index (χ4v) is 5.25. The molecule has 0 atom stereocenters. The van der Waals surface area contributed by atoms with Gasteiger partial charge in [-0.3, -0.25) is 0 Å². The van der Waals surface area contributed by atoms with Gasteiger partial charge >= 0.3 is 0 Å². The van der Waals surface area contributed by atoms with Crippen LogP contribution in [0.1, 0.15) is 11.1 Å². The van der Waals surface area contributed by atoms with Crippen molar-refractivity contribution >= 4 is 53.4 Å². The monoisotopic (exact) mass is 544 g/mol. The average molecular weight is 546 g/mol.